The summed E-state index contributed by atoms with van der Waals surface area (Å²) in [5, 5.41) is 0. The molecule has 2 aromatic rings. The second-order valence-electron chi connectivity index (χ2n) is 7.29. The van der Waals surface area contributed by atoms with Gasteiger partial charge in [0.15, 0.2) is 0 Å². The highest BCUT2D eigenvalue weighted by molar-refractivity contribution is 5.94. The van der Waals surface area contributed by atoms with E-state index in [2.05, 4.69) is 9.88 Å². The van der Waals surface area contributed by atoms with Crippen molar-refractivity contribution in [3.8, 4) is 0 Å². The zero-order chi connectivity index (χ0) is 19.8. The van der Waals surface area contributed by atoms with Crippen LogP contribution in [0, 0.1) is 11.7 Å². The maximum atomic E-state index is 13.9. The number of ether oxygens (including phenoxy) is 1. The monoisotopic (exact) mass is 385 g/mol. The zero-order valence-electron chi connectivity index (χ0n) is 16.4. The smallest absolute Gasteiger partial charge is 0.254 e. The van der Waals surface area contributed by atoms with E-state index >= 15 is 0 Å². The third kappa shape index (κ3) is 5.59. The number of carbonyl (C=O) groups is 1. The fourth-order valence-electron chi connectivity index (χ4n) is 3.66. The van der Waals surface area contributed by atoms with E-state index in [4.69, 9.17) is 4.74 Å². The summed E-state index contributed by atoms with van der Waals surface area (Å²) >= 11 is 0. The molecule has 1 aliphatic rings. The molecule has 150 valence electrons. The summed E-state index contributed by atoms with van der Waals surface area (Å²) in [6, 6.07) is 10.5. The molecule has 5 nitrogen and oxygen atoms in total. The molecule has 1 aromatic carbocycles. The fourth-order valence-corrected chi connectivity index (χ4v) is 3.66. The molecular formula is C22H28FN3O2. The van der Waals surface area contributed by atoms with Crippen molar-refractivity contribution in [3.63, 3.8) is 0 Å². The Bertz CT molecular complexity index is 748. The first-order valence-corrected chi connectivity index (χ1v) is 9.81. The number of carbonyl (C=O) groups excluding carboxylic acids is 1. The number of nitrogens with zero attached hydrogens (tertiary/aromatic N) is 3. The molecule has 0 saturated carbocycles. The predicted octanol–water partition coefficient (Wildman–Crippen LogP) is 3.22. The highest BCUT2D eigenvalue weighted by Gasteiger charge is 2.24. The summed E-state index contributed by atoms with van der Waals surface area (Å²) in [5.41, 5.74) is 1.40. The lowest BCUT2D eigenvalue weighted by atomic mass is 9.95. The molecule has 1 amide bonds. The molecule has 0 N–H and O–H groups in total. The Morgan fingerprint density at radius 3 is 2.61 bits per heavy atom. The molecule has 28 heavy (non-hydrogen) atoms. The molecular weight excluding hydrogens is 357 g/mol. The lowest BCUT2D eigenvalue weighted by molar-refractivity contribution is 0.0617. The minimum absolute atomic E-state index is 0.0215. The van der Waals surface area contributed by atoms with Crippen LogP contribution in [0.15, 0.2) is 48.8 Å². The Hall–Kier alpha value is -2.31. The number of pyridine rings is 1. The number of benzene rings is 1. The molecule has 2 heterocycles. The Labute approximate surface area is 166 Å². The van der Waals surface area contributed by atoms with E-state index < -0.39 is 0 Å². The van der Waals surface area contributed by atoms with Gasteiger partial charge in [0.1, 0.15) is 5.82 Å². The minimum Gasteiger partial charge on any atom is -0.383 e. The SMILES string of the molecule is COCCN(CC1CCN(Cc2ccccc2F)CC1)C(=O)c1ccncc1. The van der Waals surface area contributed by atoms with E-state index in [0.717, 1.165) is 38.0 Å². The van der Waals surface area contributed by atoms with Crippen molar-refractivity contribution in [1.82, 2.24) is 14.8 Å². The lowest BCUT2D eigenvalue weighted by Crippen LogP contribution is -2.42. The van der Waals surface area contributed by atoms with Gasteiger partial charge in [-0.2, -0.15) is 0 Å². The lowest BCUT2D eigenvalue weighted by Gasteiger charge is -2.35. The van der Waals surface area contributed by atoms with Crippen molar-refractivity contribution in [2.24, 2.45) is 5.92 Å². The maximum Gasteiger partial charge on any atom is 0.254 e. The van der Waals surface area contributed by atoms with Crippen molar-refractivity contribution < 1.29 is 13.9 Å². The average Bonchev–Trinajstić information content (AvgIpc) is 2.74. The highest BCUT2D eigenvalue weighted by Crippen LogP contribution is 2.21. The van der Waals surface area contributed by atoms with Gasteiger partial charge in [-0.15, -0.1) is 0 Å². The molecule has 1 fully saturated rings. The van der Waals surface area contributed by atoms with Crippen LogP contribution in [0.25, 0.3) is 0 Å². The Balaban J connectivity index is 1.54. The van der Waals surface area contributed by atoms with Crippen molar-refractivity contribution >= 4 is 5.91 Å². The van der Waals surface area contributed by atoms with E-state index in [-0.39, 0.29) is 11.7 Å². The normalized spacial score (nSPS) is 15.5. The average molecular weight is 385 g/mol. The van der Waals surface area contributed by atoms with Crippen LogP contribution in [0.5, 0.6) is 0 Å². The van der Waals surface area contributed by atoms with Crippen LogP contribution in [-0.4, -0.2) is 60.6 Å². The summed E-state index contributed by atoms with van der Waals surface area (Å²) in [6.45, 7) is 4.29. The molecule has 1 aliphatic heterocycles. The van der Waals surface area contributed by atoms with Gasteiger partial charge >= 0.3 is 0 Å². The largest absolute Gasteiger partial charge is 0.383 e. The molecule has 0 bridgehead atoms. The topological polar surface area (TPSA) is 45.7 Å². The second-order valence-corrected chi connectivity index (χ2v) is 7.29. The predicted molar refractivity (Wildman–Crippen MR) is 106 cm³/mol. The number of methoxy groups -OCH3 is 1. The number of hydrogen-bond donors (Lipinski definition) is 0. The molecule has 1 aromatic heterocycles. The first-order valence-electron chi connectivity index (χ1n) is 9.81. The van der Waals surface area contributed by atoms with Crippen LogP contribution in [0.2, 0.25) is 0 Å². The zero-order valence-corrected chi connectivity index (χ0v) is 16.4. The van der Waals surface area contributed by atoms with E-state index in [1.54, 1.807) is 37.7 Å². The molecule has 0 unspecified atom stereocenters. The van der Waals surface area contributed by atoms with Crippen LogP contribution >= 0.6 is 0 Å². The summed E-state index contributed by atoms with van der Waals surface area (Å²) in [4.78, 5) is 21.0. The van der Waals surface area contributed by atoms with E-state index in [1.807, 2.05) is 17.0 Å². The fraction of sp³-hybridized carbons (Fsp3) is 0.455. The number of amides is 1. The van der Waals surface area contributed by atoms with Crippen molar-refractivity contribution in [1.29, 1.82) is 0 Å². The third-order valence-electron chi connectivity index (χ3n) is 5.32. The van der Waals surface area contributed by atoms with Gasteiger partial charge in [-0.05, 0) is 50.0 Å². The molecule has 6 heteroatoms. The number of likely N-dealkylation sites (tertiary alicyclic amines) is 1. The summed E-state index contributed by atoms with van der Waals surface area (Å²) < 4.78 is 19.1. The van der Waals surface area contributed by atoms with Crippen LogP contribution in [0.4, 0.5) is 4.39 Å². The van der Waals surface area contributed by atoms with Crippen LogP contribution < -0.4 is 0 Å². The van der Waals surface area contributed by atoms with Crippen LogP contribution in [-0.2, 0) is 11.3 Å². The minimum atomic E-state index is -0.140. The first kappa shape index (κ1) is 20.4. The van der Waals surface area contributed by atoms with Gasteiger partial charge < -0.3 is 9.64 Å². The number of rotatable bonds is 8. The molecule has 0 aliphatic carbocycles. The Morgan fingerprint density at radius 1 is 1.21 bits per heavy atom. The van der Waals surface area contributed by atoms with Crippen LogP contribution in [0.3, 0.4) is 0 Å². The summed E-state index contributed by atoms with van der Waals surface area (Å²) in [6.07, 6.45) is 5.29. The maximum absolute atomic E-state index is 13.9. The van der Waals surface area contributed by atoms with E-state index in [0.29, 0.717) is 31.2 Å². The Kier molecular flexibility index (Phi) is 7.51. The van der Waals surface area contributed by atoms with Gasteiger partial charge in [-0.3, -0.25) is 14.7 Å². The molecule has 0 spiro atoms. The number of aromatic nitrogens is 1. The van der Waals surface area contributed by atoms with E-state index in [9.17, 15) is 9.18 Å². The quantitative estimate of drug-likeness (QED) is 0.700. The summed E-state index contributed by atoms with van der Waals surface area (Å²) in [7, 11) is 1.65. The van der Waals surface area contributed by atoms with Gasteiger partial charge in [0.05, 0.1) is 6.61 Å². The van der Waals surface area contributed by atoms with Gasteiger partial charge in [0.2, 0.25) is 0 Å². The number of halogens is 1. The molecule has 0 atom stereocenters. The highest BCUT2D eigenvalue weighted by atomic mass is 19.1. The van der Waals surface area contributed by atoms with Gasteiger partial charge in [-0.25, -0.2) is 4.39 Å². The second kappa shape index (κ2) is 10.3. The number of hydrogen-bond acceptors (Lipinski definition) is 4. The number of piperidine rings is 1. The van der Waals surface area contributed by atoms with E-state index in [1.165, 1.54) is 6.07 Å². The third-order valence-corrected chi connectivity index (χ3v) is 5.32. The van der Waals surface area contributed by atoms with Crippen LogP contribution in [0.1, 0.15) is 28.8 Å². The van der Waals surface area contributed by atoms with Gasteiger partial charge in [0.25, 0.3) is 5.91 Å². The van der Waals surface area contributed by atoms with Crippen molar-refractivity contribution in [2.75, 3.05) is 39.9 Å². The Morgan fingerprint density at radius 2 is 1.93 bits per heavy atom. The summed E-state index contributed by atoms with van der Waals surface area (Å²) in [5.74, 6) is 0.325. The standard InChI is InChI=1S/C22H28FN3O2/c1-28-15-14-26(22(27)19-6-10-24-11-7-19)16-18-8-12-25(13-9-18)17-20-4-2-3-5-21(20)23/h2-7,10-11,18H,8-9,12-17H2,1H3. The van der Waals surface area contributed by atoms with Crippen molar-refractivity contribution in [3.05, 3.63) is 65.7 Å². The first-order chi connectivity index (χ1) is 13.7. The van der Waals surface area contributed by atoms with Gasteiger partial charge in [0, 0.05) is 50.3 Å². The van der Waals surface area contributed by atoms with Crippen molar-refractivity contribution in [2.45, 2.75) is 19.4 Å². The molecule has 3 rings (SSSR count). The molecule has 1 saturated heterocycles. The van der Waals surface area contributed by atoms with Gasteiger partial charge in [-0.1, -0.05) is 18.2 Å². The molecule has 0 radical (unpaired) electrons.